The van der Waals surface area contributed by atoms with Crippen LogP contribution in [0.2, 0.25) is 0 Å². The van der Waals surface area contributed by atoms with Gasteiger partial charge in [-0.2, -0.15) is 5.10 Å². The first-order valence-electron chi connectivity index (χ1n) is 9.32. The normalized spacial score (nSPS) is 18.1. The van der Waals surface area contributed by atoms with E-state index in [1.807, 2.05) is 30.3 Å². The Hall–Kier alpha value is -2.12. The van der Waals surface area contributed by atoms with Crippen LogP contribution >= 0.6 is 27.5 Å². The van der Waals surface area contributed by atoms with Gasteiger partial charge in [0, 0.05) is 43.3 Å². The number of carbonyl (C=O) groups excluding carboxylic acids is 1. The zero-order chi connectivity index (χ0) is 21.2. The topological polar surface area (TPSA) is 57.5 Å². The van der Waals surface area contributed by atoms with Gasteiger partial charge in [0.15, 0.2) is 0 Å². The Morgan fingerprint density at radius 2 is 2.17 bits per heavy atom. The molecule has 1 aliphatic rings. The van der Waals surface area contributed by atoms with E-state index in [9.17, 15) is 4.79 Å². The predicted octanol–water partition coefficient (Wildman–Crippen LogP) is 5.01. The number of halogens is 2. The average molecular weight is 482 g/mol. The van der Waals surface area contributed by atoms with Gasteiger partial charge in [-0.3, -0.25) is 10.0 Å². The van der Waals surface area contributed by atoms with Crippen molar-refractivity contribution in [1.29, 1.82) is 0 Å². The zero-order valence-corrected chi connectivity index (χ0v) is 19.1. The number of aliphatic imine (C=N–C) groups is 1. The number of hydrazone groups is 1. The zero-order valence-electron chi connectivity index (χ0n) is 16.7. The highest BCUT2D eigenvalue weighted by molar-refractivity contribution is 9.12. The molecule has 0 saturated carbocycles. The summed E-state index contributed by atoms with van der Waals surface area (Å²) in [4.78, 5) is 18.6. The monoisotopic (exact) mass is 480 g/mol. The Morgan fingerprint density at radius 1 is 1.45 bits per heavy atom. The minimum absolute atomic E-state index is 0.0929. The van der Waals surface area contributed by atoms with Gasteiger partial charge in [-0.1, -0.05) is 48.5 Å². The third-order valence-electron chi connectivity index (χ3n) is 4.51. The Labute approximate surface area is 185 Å². The van der Waals surface area contributed by atoms with Crippen molar-refractivity contribution in [3.8, 4) is 0 Å². The van der Waals surface area contributed by atoms with Crippen LogP contribution in [0.5, 0.6) is 0 Å². The van der Waals surface area contributed by atoms with Crippen LogP contribution in [0.1, 0.15) is 18.4 Å². The van der Waals surface area contributed by atoms with Crippen LogP contribution in [-0.4, -0.2) is 55.1 Å². The van der Waals surface area contributed by atoms with Gasteiger partial charge in [0.1, 0.15) is 11.8 Å². The summed E-state index contributed by atoms with van der Waals surface area (Å²) >= 11 is 9.59. The van der Waals surface area contributed by atoms with Gasteiger partial charge in [-0.25, -0.2) is 4.79 Å². The van der Waals surface area contributed by atoms with E-state index in [2.05, 4.69) is 32.6 Å². The summed E-state index contributed by atoms with van der Waals surface area (Å²) in [5.74, 6) is 0.0929. The number of benzene rings is 1. The van der Waals surface area contributed by atoms with Gasteiger partial charge in [-0.15, -0.1) is 0 Å². The van der Waals surface area contributed by atoms with E-state index in [1.54, 1.807) is 31.3 Å². The molecular formula is C21H26BrClN4O2. The molecule has 1 amide bonds. The van der Waals surface area contributed by atoms with Crippen LogP contribution in [0.4, 0.5) is 4.79 Å². The van der Waals surface area contributed by atoms with E-state index >= 15 is 0 Å². The average Bonchev–Trinajstić information content (AvgIpc) is 2.74. The highest BCUT2D eigenvalue weighted by Gasteiger charge is 2.27. The molecule has 0 aliphatic carbocycles. The van der Waals surface area contributed by atoms with Gasteiger partial charge in [0.25, 0.3) is 0 Å². The first kappa shape index (κ1) is 23.2. The number of ether oxygens (including phenoxy) is 1. The Morgan fingerprint density at radius 3 is 2.83 bits per heavy atom. The number of amides is 1. The number of rotatable bonds is 7. The molecule has 1 saturated heterocycles. The van der Waals surface area contributed by atoms with Crippen molar-refractivity contribution in [1.82, 2.24) is 9.91 Å². The van der Waals surface area contributed by atoms with Crippen molar-refractivity contribution in [2.75, 3.05) is 27.2 Å². The van der Waals surface area contributed by atoms with E-state index in [-0.39, 0.29) is 18.6 Å². The molecule has 0 bridgehead atoms. The van der Waals surface area contributed by atoms with Crippen LogP contribution in [0.15, 0.2) is 62.7 Å². The van der Waals surface area contributed by atoms with Crippen LogP contribution in [0.3, 0.4) is 0 Å². The summed E-state index contributed by atoms with van der Waals surface area (Å²) in [7, 11) is 3.47. The molecule has 1 atom stereocenters. The maximum absolute atomic E-state index is 12.5. The maximum Gasteiger partial charge on any atom is 0.410 e. The van der Waals surface area contributed by atoms with Crippen molar-refractivity contribution in [3.05, 3.63) is 58.2 Å². The van der Waals surface area contributed by atoms with Crippen LogP contribution < -0.4 is 0 Å². The SMILES string of the molecule is C=C(Br)/C=N\N(C)/C(Cl)=C\C(=NC)C1CCCN(C(=O)OCc2ccccc2)C1. The first-order valence-corrected chi connectivity index (χ1v) is 10.5. The third-order valence-corrected chi connectivity index (χ3v) is 5.07. The second-order valence-electron chi connectivity index (χ2n) is 6.66. The summed E-state index contributed by atoms with van der Waals surface area (Å²) in [6, 6.07) is 9.66. The molecule has 29 heavy (non-hydrogen) atoms. The lowest BCUT2D eigenvalue weighted by Gasteiger charge is -2.32. The summed E-state index contributed by atoms with van der Waals surface area (Å²) in [6.45, 7) is 5.19. The minimum Gasteiger partial charge on any atom is -0.445 e. The molecule has 1 unspecified atom stereocenters. The number of allylic oxidation sites excluding steroid dienone is 2. The number of piperidine rings is 1. The summed E-state index contributed by atoms with van der Waals surface area (Å²) in [6.07, 6.45) is 4.86. The van der Waals surface area contributed by atoms with Crippen molar-refractivity contribution < 1.29 is 9.53 Å². The van der Waals surface area contributed by atoms with E-state index in [0.717, 1.165) is 24.1 Å². The number of likely N-dealkylation sites (tertiary alicyclic amines) is 1. The number of carbonyl (C=O) groups is 1. The van der Waals surface area contributed by atoms with Crippen molar-refractivity contribution in [2.45, 2.75) is 19.4 Å². The Bertz CT molecular complexity index is 795. The van der Waals surface area contributed by atoms with Crippen molar-refractivity contribution >= 4 is 45.6 Å². The molecule has 1 aliphatic heterocycles. The standard InChI is InChI=1S/C21H26BrClN4O2/c1-16(22)13-25-26(3)20(23)12-19(24-2)18-10-7-11-27(14-18)21(28)29-15-17-8-5-4-6-9-17/h4-6,8-9,12-13,18H,1,7,10-11,14-15H2,2-3H3/b20-12-,24-19?,25-13-. The molecule has 0 radical (unpaired) electrons. The van der Waals surface area contributed by atoms with Gasteiger partial charge in [-0.05, 0) is 40.4 Å². The third kappa shape index (κ3) is 7.66. The molecular weight excluding hydrogens is 456 g/mol. The van der Waals surface area contributed by atoms with Crippen LogP contribution in [0.25, 0.3) is 0 Å². The second kappa shape index (κ2) is 11.8. The molecule has 156 valence electrons. The number of hydrogen-bond acceptors (Lipinski definition) is 5. The summed E-state index contributed by atoms with van der Waals surface area (Å²) in [5, 5.41) is 6.14. The van der Waals surface area contributed by atoms with Crippen LogP contribution in [0, 0.1) is 5.92 Å². The maximum atomic E-state index is 12.5. The fourth-order valence-electron chi connectivity index (χ4n) is 2.98. The largest absolute Gasteiger partial charge is 0.445 e. The molecule has 1 fully saturated rings. The highest BCUT2D eigenvalue weighted by Crippen LogP contribution is 2.21. The molecule has 8 heteroatoms. The Balaban J connectivity index is 1.97. The molecule has 0 N–H and O–H groups in total. The van der Waals surface area contributed by atoms with E-state index in [4.69, 9.17) is 16.3 Å². The quantitative estimate of drug-likeness (QED) is 0.312. The number of nitrogens with zero attached hydrogens (tertiary/aromatic N) is 4. The van der Waals surface area contributed by atoms with E-state index in [1.165, 1.54) is 5.01 Å². The number of hydrogen-bond donors (Lipinski definition) is 0. The van der Waals surface area contributed by atoms with E-state index < -0.39 is 0 Å². The molecule has 6 nitrogen and oxygen atoms in total. The van der Waals surface area contributed by atoms with E-state index in [0.29, 0.717) is 22.7 Å². The lowest BCUT2D eigenvalue weighted by atomic mass is 9.93. The fraction of sp³-hybridized carbons (Fsp3) is 0.381. The first-order chi connectivity index (χ1) is 13.9. The predicted molar refractivity (Wildman–Crippen MR) is 123 cm³/mol. The smallest absolute Gasteiger partial charge is 0.410 e. The minimum atomic E-state index is -0.304. The summed E-state index contributed by atoms with van der Waals surface area (Å²) < 4.78 is 6.12. The Kier molecular flexibility index (Phi) is 9.41. The second-order valence-corrected chi connectivity index (χ2v) is 8.06. The van der Waals surface area contributed by atoms with Gasteiger partial charge in [0.05, 0.1) is 6.21 Å². The molecule has 0 aromatic heterocycles. The van der Waals surface area contributed by atoms with Crippen LogP contribution in [-0.2, 0) is 11.3 Å². The highest BCUT2D eigenvalue weighted by atomic mass is 79.9. The lowest BCUT2D eigenvalue weighted by Crippen LogP contribution is -2.42. The van der Waals surface area contributed by atoms with Crippen molar-refractivity contribution in [3.63, 3.8) is 0 Å². The molecule has 2 rings (SSSR count). The lowest BCUT2D eigenvalue weighted by molar-refractivity contribution is 0.0851. The molecule has 1 aromatic rings. The van der Waals surface area contributed by atoms with Crippen molar-refractivity contribution in [2.24, 2.45) is 16.0 Å². The fourth-order valence-corrected chi connectivity index (χ4v) is 3.23. The molecule has 1 heterocycles. The molecule has 1 aromatic carbocycles. The summed E-state index contributed by atoms with van der Waals surface area (Å²) in [5.41, 5.74) is 1.80. The molecule has 0 spiro atoms. The van der Waals surface area contributed by atoms with Gasteiger partial charge in [0.2, 0.25) is 0 Å². The van der Waals surface area contributed by atoms with Gasteiger partial charge < -0.3 is 9.64 Å². The van der Waals surface area contributed by atoms with Gasteiger partial charge >= 0.3 is 6.09 Å².